The predicted octanol–water partition coefficient (Wildman–Crippen LogP) is 3.74. The van der Waals surface area contributed by atoms with Gasteiger partial charge in [0.05, 0.1) is 4.92 Å². The Morgan fingerprint density at radius 1 is 1.14 bits per heavy atom. The van der Waals surface area contributed by atoms with Gasteiger partial charge in [0.15, 0.2) is 0 Å². The number of carbonyl (C=O) groups excluding carboxylic acids is 1. The Balaban J connectivity index is 2.02. The molecule has 21 heavy (non-hydrogen) atoms. The van der Waals surface area contributed by atoms with Crippen LogP contribution >= 0.6 is 11.6 Å². The minimum absolute atomic E-state index is 0.0106. The summed E-state index contributed by atoms with van der Waals surface area (Å²) < 4.78 is 0. The molecule has 1 aliphatic heterocycles. The summed E-state index contributed by atoms with van der Waals surface area (Å²) in [5, 5.41) is 13.9. The van der Waals surface area contributed by atoms with Crippen LogP contribution in [0.2, 0.25) is 5.02 Å². The number of nitro groups is 1. The van der Waals surface area contributed by atoms with E-state index < -0.39 is 4.92 Å². The number of hydrogen-bond donors (Lipinski definition) is 1. The Morgan fingerprint density at radius 2 is 1.86 bits per heavy atom. The highest BCUT2D eigenvalue weighted by atomic mass is 35.5. The third-order valence-electron chi connectivity index (χ3n) is 3.18. The minimum atomic E-state index is -0.464. The highest BCUT2D eigenvalue weighted by molar-refractivity contribution is 6.36. The first-order valence-corrected chi connectivity index (χ1v) is 6.50. The summed E-state index contributed by atoms with van der Waals surface area (Å²) in [6, 6.07) is 11.2. The lowest BCUT2D eigenvalue weighted by atomic mass is 10.0. The topological polar surface area (TPSA) is 72.2 Å². The van der Waals surface area contributed by atoms with E-state index in [1.165, 1.54) is 12.1 Å². The molecular weight excluding hydrogens is 292 g/mol. The number of halogens is 1. The van der Waals surface area contributed by atoms with Gasteiger partial charge in [0, 0.05) is 34.0 Å². The number of non-ortho nitro benzene ring substituents is 1. The van der Waals surface area contributed by atoms with Crippen LogP contribution in [-0.4, -0.2) is 10.8 Å². The molecule has 0 fully saturated rings. The van der Waals surface area contributed by atoms with E-state index in [0.29, 0.717) is 21.8 Å². The number of anilines is 1. The molecule has 1 aliphatic rings. The van der Waals surface area contributed by atoms with E-state index in [1.54, 1.807) is 36.4 Å². The van der Waals surface area contributed by atoms with Gasteiger partial charge in [-0.2, -0.15) is 0 Å². The summed E-state index contributed by atoms with van der Waals surface area (Å²) in [7, 11) is 0. The van der Waals surface area contributed by atoms with Crippen LogP contribution < -0.4 is 5.32 Å². The number of amides is 1. The summed E-state index contributed by atoms with van der Waals surface area (Å²) in [4.78, 5) is 22.1. The quantitative estimate of drug-likeness (QED) is 0.521. The first-order valence-electron chi connectivity index (χ1n) is 6.12. The van der Waals surface area contributed by atoms with Crippen LogP contribution in [0, 0.1) is 10.1 Å². The summed E-state index contributed by atoms with van der Waals surface area (Å²) in [5.41, 5.74) is 2.64. The molecule has 104 valence electrons. The van der Waals surface area contributed by atoms with E-state index in [9.17, 15) is 14.9 Å². The van der Waals surface area contributed by atoms with Crippen LogP contribution in [0.4, 0.5) is 11.4 Å². The standard InChI is InChI=1S/C15H9ClN2O3/c16-10-3-6-14-12(8-10)13(15(19)17-14)7-9-1-4-11(5-2-9)18(20)21/h1-8H,(H,17,19)/b13-7+. The summed E-state index contributed by atoms with van der Waals surface area (Å²) in [6.45, 7) is 0. The van der Waals surface area contributed by atoms with Crippen molar-refractivity contribution in [3.05, 3.63) is 68.7 Å². The van der Waals surface area contributed by atoms with Crippen LogP contribution in [0.3, 0.4) is 0 Å². The van der Waals surface area contributed by atoms with Crippen LogP contribution in [0.1, 0.15) is 11.1 Å². The lowest BCUT2D eigenvalue weighted by molar-refractivity contribution is -0.384. The normalized spacial score (nSPS) is 14.9. The summed E-state index contributed by atoms with van der Waals surface area (Å²) in [6.07, 6.45) is 1.68. The molecule has 0 radical (unpaired) electrons. The first kappa shape index (κ1) is 13.3. The van der Waals surface area contributed by atoms with E-state index in [-0.39, 0.29) is 11.6 Å². The molecule has 0 bridgehead atoms. The SMILES string of the molecule is O=C1Nc2ccc(Cl)cc2/C1=C\c1ccc([N+](=O)[O-])cc1. The monoisotopic (exact) mass is 300 g/mol. The lowest BCUT2D eigenvalue weighted by Gasteiger charge is -1.99. The van der Waals surface area contributed by atoms with Crippen LogP contribution in [-0.2, 0) is 4.79 Å². The second-order valence-electron chi connectivity index (χ2n) is 4.55. The number of carbonyl (C=O) groups is 1. The van der Waals surface area contributed by atoms with Gasteiger partial charge in [0.25, 0.3) is 11.6 Å². The number of benzene rings is 2. The number of rotatable bonds is 2. The Kier molecular flexibility index (Phi) is 3.19. The highest BCUT2D eigenvalue weighted by Crippen LogP contribution is 2.35. The molecule has 0 aliphatic carbocycles. The molecule has 6 heteroatoms. The smallest absolute Gasteiger partial charge is 0.269 e. The third-order valence-corrected chi connectivity index (χ3v) is 3.41. The average Bonchev–Trinajstić information content (AvgIpc) is 2.76. The second kappa shape index (κ2) is 5.03. The number of nitrogens with zero attached hydrogens (tertiary/aromatic N) is 1. The van der Waals surface area contributed by atoms with Crippen molar-refractivity contribution < 1.29 is 9.72 Å². The molecule has 1 N–H and O–H groups in total. The van der Waals surface area contributed by atoms with Gasteiger partial charge in [-0.25, -0.2) is 0 Å². The van der Waals surface area contributed by atoms with Crippen molar-refractivity contribution >= 4 is 40.5 Å². The molecule has 5 nitrogen and oxygen atoms in total. The maximum Gasteiger partial charge on any atom is 0.269 e. The first-order chi connectivity index (χ1) is 10.0. The number of nitro benzene ring substituents is 1. The molecule has 1 heterocycles. The van der Waals surface area contributed by atoms with Gasteiger partial charge in [0.1, 0.15) is 0 Å². The molecule has 1 amide bonds. The molecule has 2 aromatic rings. The zero-order valence-corrected chi connectivity index (χ0v) is 11.4. The molecule has 0 atom stereocenters. The highest BCUT2D eigenvalue weighted by Gasteiger charge is 2.24. The van der Waals surface area contributed by atoms with Gasteiger partial charge in [-0.05, 0) is 42.0 Å². The van der Waals surface area contributed by atoms with Gasteiger partial charge in [-0.1, -0.05) is 11.6 Å². The molecular formula is C15H9ClN2O3. The number of hydrogen-bond acceptors (Lipinski definition) is 3. The van der Waals surface area contributed by atoms with Crippen molar-refractivity contribution in [1.29, 1.82) is 0 Å². The van der Waals surface area contributed by atoms with E-state index in [2.05, 4.69) is 5.32 Å². The fourth-order valence-electron chi connectivity index (χ4n) is 2.16. The maximum atomic E-state index is 12.0. The molecule has 3 rings (SSSR count). The van der Waals surface area contributed by atoms with Gasteiger partial charge < -0.3 is 5.32 Å². The molecule has 0 unspecified atom stereocenters. The summed E-state index contributed by atoms with van der Waals surface area (Å²) >= 11 is 5.95. The Labute approximate surface area is 125 Å². The molecule has 0 saturated carbocycles. The third kappa shape index (κ3) is 2.51. The number of nitrogens with one attached hydrogen (secondary N) is 1. The average molecular weight is 301 g/mol. The van der Waals surface area contributed by atoms with E-state index in [0.717, 1.165) is 5.56 Å². The largest absolute Gasteiger partial charge is 0.321 e. The Bertz CT molecular complexity index is 782. The van der Waals surface area contributed by atoms with Crippen LogP contribution in [0.25, 0.3) is 11.6 Å². The fourth-order valence-corrected chi connectivity index (χ4v) is 2.33. The van der Waals surface area contributed by atoms with Gasteiger partial charge in [0.2, 0.25) is 0 Å². The lowest BCUT2D eigenvalue weighted by Crippen LogP contribution is -2.03. The van der Waals surface area contributed by atoms with Crippen LogP contribution in [0.15, 0.2) is 42.5 Å². The van der Waals surface area contributed by atoms with E-state index in [4.69, 9.17) is 11.6 Å². The van der Waals surface area contributed by atoms with Crippen molar-refractivity contribution in [3.63, 3.8) is 0 Å². The van der Waals surface area contributed by atoms with Gasteiger partial charge >= 0.3 is 0 Å². The molecule has 0 spiro atoms. The van der Waals surface area contributed by atoms with Crippen molar-refractivity contribution in [1.82, 2.24) is 0 Å². The minimum Gasteiger partial charge on any atom is -0.321 e. The molecule has 2 aromatic carbocycles. The van der Waals surface area contributed by atoms with E-state index in [1.807, 2.05) is 0 Å². The molecule has 0 saturated heterocycles. The van der Waals surface area contributed by atoms with E-state index >= 15 is 0 Å². The van der Waals surface area contributed by atoms with Crippen molar-refractivity contribution in [2.75, 3.05) is 5.32 Å². The fraction of sp³-hybridized carbons (Fsp3) is 0. The van der Waals surface area contributed by atoms with Gasteiger partial charge in [-0.15, -0.1) is 0 Å². The Morgan fingerprint density at radius 3 is 2.52 bits per heavy atom. The zero-order chi connectivity index (χ0) is 15.0. The zero-order valence-electron chi connectivity index (χ0n) is 10.7. The van der Waals surface area contributed by atoms with Crippen molar-refractivity contribution in [2.45, 2.75) is 0 Å². The Hall–Kier alpha value is -2.66. The maximum absolute atomic E-state index is 12.0. The summed E-state index contributed by atoms with van der Waals surface area (Å²) in [5.74, 6) is -0.217. The predicted molar refractivity (Wildman–Crippen MR) is 81.0 cm³/mol. The van der Waals surface area contributed by atoms with Gasteiger partial charge in [-0.3, -0.25) is 14.9 Å². The number of fused-ring (bicyclic) bond motifs is 1. The van der Waals surface area contributed by atoms with Crippen molar-refractivity contribution in [2.24, 2.45) is 0 Å². The molecule has 0 aromatic heterocycles. The van der Waals surface area contributed by atoms with Crippen LogP contribution in [0.5, 0.6) is 0 Å². The van der Waals surface area contributed by atoms with Crippen molar-refractivity contribution in [3.8, 4) is 0 Å². The second-order valence-corrected chi connectivity index (χ2v) is 4.99.